The second-order valence-electron chi connectivity index (χ2n) is 8.38. The molecular formula is C29H33N5O3. The Hall–Kier alpha value is -4.04. The van der Waals surface area contributed by atoms with Gasteiger partial charge in [0, 0.05) is 57.2 Å². The number of fused-ring (bicyclic) bond motifs is 3. The zero-order valence-corrected chi connectivity index (χ0v) is 21.8. The smallest absolute Gasteiger partial charge is 0.261 e. The first-order valence-corrected chi connectivity index (χ1v) is 12.6. The fourth-order valence-electron chi connectivity index (χ4n) is 4.24. The SMILES string of the molecule is CCN1c2ncc(CCOc3ccnc4ccccc34)cc2C(=O)N(C)c2cccnc21.CCOCC. The van der Waals surface area contributed by atoms with E-state index in [0.717, 1.165) is 46.9 Å². The number of amides is 1. The molecule has 4 heterocycles. The van der Waals surface area contributed by atoms with Crippen LogP contribution in [-0.4, -0.2) is 54.3 Å². The molecule has 0 fully saturated rings. The number of carbonyl (C=O) groups is 1. The zero-order valence-electron chi connectivity index (χ0n) is 21.8. The third-order valence-corrected chi connectivity index (χ3v) is 6.08. The summed E-state index contributed by atoms with van der Waals surface area (Å²) in [5.41, 5.74) is 3.18. The van der Waals surface area contributed by atoms with Crippen LogP contribution in [-0.2, 0) is 11.2 Å². The molecule has 1 aromatic carbocycles. The molecule has 0 unspecified atom stereocenters. The lowest BCUT2D eigenvalue weighted by Gasteiger charge is -2.22. The van der Waals surface area contributed by atoms with E-state index in [0.29, 0.717) is 31.0 Å². The van der Waals surface area contributed by atoms with Crippen molar-refractivity contribution in [3.8, 4) is 5.75 Å². The van der Waals surface area contributed by atoms with Crippen LogP contribution in [0, 0.1) is 0 Å². The van der Waals surface area contributed by atoms with Gasteiger partial charge in [-0.15, -0.1) is 0 Å². The van der Waals surface area contributed by atoms with E-state index in [9.17, 15) is 4.79 Å². The Kier molecular flexibility index (Phi) is 8.64. The summed E-state index contributed by atoms with van der Waals surface area (Å²) in [7, 11) is 1.77. The summed E-state index contributed by atoms with van der Waals surface area (Å²) < 4.78 is 10.9. The minimum absolute atomic E-state index is 0.0967. The molecule has 1 amide bonds. The van der Waals surface area contributed by atoms with Crippen LogP contribution < -0.4 is 14.5 Å². The van der Waals surface area contributed by atoms with Crippen molar-refractivity contribution in [3.63, 3.8) is 0 Å². The molecule has 0 saturated carbocycles. The van der Waals surface area contributed by atoms with E-state index in [-0.39, 0.29) is 5.91 Å². The Morgan fingerprint density at radius 3 is 2.46 bits per heavy atom. The Morgan fingerprint density at radius 1 is 0.892 bits per heavy atom. The summed E-state index contributed by atoms with van der Waals surface area (Å²) in [6.07, 6.45) is 5.93. The molecule has 37 heavy (non-hydrogen) atoms. The zero-order chi connectivity index (χ0) is 26.2. The Bertz CT molecular complexity index is 1350. The molecule has 8 heteroatoms. The maximum Gasteiger partial charge on any atom is 0.261 e. The highest BCUT2D eigenvalue weighted by molar-refractivity contribution is 6.12. The number of ether oxygens (including phenoxy) is 2. The standard InChI is InChI=1S/C25H23N5O2.C4H10O/c1-3-30-23-19(25(31)29(2)21-9-6-12-27-24(21)30)15-17(16-28-23)11-14-32-22-10-13-26-20-8-5-4-7-18(20)22;1-3-5-4-2/h4-10,12-13,15-16H,3,11,14H2,1-2H3;3-4H2,1-2H3. The minimum Gasteiger partial charge on any atom is -0.492 e. The van der Waals surface area contributed by atoms with Crippen molar-refractivity contribution in [3.05, 3.63) is 78.2 Å². The first kappa shape index (κ1) is 26.0. The molecule has 0 saturated heterocycles. The Labute approximate surface area is 217 Å². The molecular weight excluding hydrogens is 466 g/mol. The molecule has 0 spiro atoms. The average Bonchev–Trinajstić information content (AvgIpc) is 3.02. The highest BCUT2D eigenvalue weighted by Crippen LogP contribution is 2.37. The van der Waals surface area contributed by atoms with Gasteiger partial charge in [-0.1, -0.05) is 12.1 Å². The van der Waals surface area contributed by atoms with E-state index in [4.69, 9.17) is 9.47 Å². The number of benzene rings is 1. The quantitative estimate of drug-likeness (QED) is 0.335. The van der Waals surface area contributed by atoms with E-state index in [2.05, 4.69) is 15.0 Å². The first-order valence-electron chi connectivity index (χ1n) is 12.6. The molecule has 0 atom stereocenters. The van der Waals surface area contributed by atoms with Gasteiger partial charge in [-0.3, -0.25) is 9.78 Å². The van der Waals surface area contributed by atoms with Gasteiger partial charge < -0.3 is 19.3 Å². The molecule has 0 aliphatic carbocycles. The number of carbonyl (C=O) groups excluding carboxylic acids is 1. The van der Waals surface area contributed by atoms with Crippen LogP contribution in [0.2, 0.25) is 0 Å². The van der Waals surface area contributed by atoms with Gasteiger partial charge in [0.2, 0.25) is 0 Å². The molecule has 192 valence electrons. The van der Waals surface area contributed by atoms with Crippen molar-refractivity contribution in [2.24, 2.45) is 0 Å². The van der Waals surface area contributed by atoms with E-state index in [1.165, 1.54) is 0 Å². The number of rotatable bonds is 7. The monoisotopic (exact) mass is 499 g/mol. The van der Waals surface area contributed by atoms with Crippen molar-refractivity contribution >= 4 is 34.1 Å². The summed E-state index contributed by atoms with van der Waals surface area (Å²) in [4.78, 5) is 30.4. The second kappa shape index (κ2) is 12.3. The summed E-state index contributed by atoms with van der Waals surface area (Å²) >= 11 is 0. The maximum absolute atomic E-state index is 13.2. The number of anilines is 3. The molecule has 1 aliphatic rings. The Morgan fingerprint density at radius 2 is 1.70 bits per heavy atom. The summed E-state index contributed by atoms with van der Waals surface area (Å²) in [6.45, 7) is 8.82. The van der Waals surface area contributed by atoms with Crippen molar-refractivity contribution < 1.29 is 14.3 Å². The average molecular weight is 500 g/mol. The molecule has 8 nitrogen and oxygen atoms in total. The van der Waals surface area contributed by atoms with Crippen molar-refractivity contribution in [1.82, 2.24) is 15.0 Å². The molecule has 0 N–H and O–H groups in total. The third-order valence-electron chi connectivity index (χ3n) is 6.08. The Balaban J connectivity index is 0.000000586. The van der Waals surface area contributed by atoms with Crippen LogP contribution in [0.3, 0.4) is 0 Å². The van der Waals surface area contributed by atoms with Crippen LogP contribution in [0.15, 0.2) is 67.1 Å². The summed E-state index contributed by atoms with van der Waals surface area (Å²) in [5, 5.41) is 0.982. The maximum atomic E-state index is 13.2. The van der Waals surface area contributed by atoms with Crippen LogP contribution in [0.25, 0.3) is 10.9 Å². The van der Waals surface area contributed by atoms with Crippen molar-refractivity contribution in [2.45, 2.75) is 27.2 Å². The van der Waals surface area contributed by atoms with Gasteiger partial charge in [-0.2, -0.15) is 0 Å². The van der Waals surface area contributed by atoms with E-state index in [1.807, 2.05) is 80.4 Å². The van der Waals surface area contributed by atoms with Gasteiger partial charge in [0.25, 0.3) is 5.91 Å². The highest BCUT2D eigenvalue weighted by Gasteiger charge is 2.30. The van der Waals surface area contributed by atoms with Gasteiger partial charge in [0.05, 0.1) is 23.4 Å². The third kappa shape index (κ3) is 5.70. The van der Waals surface area contributed by atoms with Gasteiger partial charge in [-0.05, 0) is 62.7 Å². The summed E-state index contributed by atoms with van der Waals surface area (Å²) in [6, 6.07) is 15.4. The second-order valence-corrected chi connectivity index (χ2v) is 8.38. The lowest BCUT2D eigenvalue weighted by molar-refractivity contribution is 0.0994. The largest absolute Gasteiger partial charge is 0.492 e. The molecule has 1 aliphatic heterocycles. The minimum atomic E-state index is -0.0967. The molecule has 0 radical (unpaired) electrons. The summed E-state index contributed by atoms with van der Waals surface area (Å²) in [5.74, 6) is 2.07. The van der Waals surface area contributed by atoms with Crippen LogP contribution in [0.4, 0.5) is 17.3 Å². The lowest BCUT2D eigenvalue weighted by atomic mass is 10.1. The van der Waals surface area contributed by atoms with E-state index >= 15 is 0 Å². The van der Waals surface area contributed by atoms with Gasteiger partial charge in [-0.25, -0.2) is 9.97 Å². The molecule has 5 rings (SSSR count). The van der Waals surface area contributed by atoms with Crippen molar-refractivity contribution in [1.29, 1.82) is 0 Å². The molecule has 3 aromatic heterocycles. The van der Waals surface area contributed by atoms with E-state index in [1.54, 1.807) is 24.3 Å². The van der Waals surface area contributed by atoms with Crippen LogP contribution in [0.5, 0.6) is 5.75 Å². The topological polar surface area (TPSA) is 80.7 Å². The van der Waals surface area contributed by atoms with Gasteiger partial charge in [0.1, 0.15) is 11.6 Å². The predicted molar refractivity (Wildman–Crippen MR) is 147 cm³/mol. The number of pyridine rings is 3. The lowest BCUT2D eigenvalue weighted by Crippen LogP contribution is -2.25. The predicted octanol–water partition coefficient (Wildman–Crippen LogP) is 5.44. The highest BCUT2D eigenvalue weighted by atomic mass is 16.5. The number of hydrogen-bond donors (Lipinski definition) is 0. The van der Waals surface area contributed by atoms with Crippen molar-refractivity contribution in [2.75, 3.05) is 43.2 Å². The number of hydrogen-bond acceptors (Lipinski definition) is 7. The number of aromatic nitrogens is 3. The van der Waals surface area contributed by atoms with E-state index < -0.39 is 0 Å². The van der Waals surface area contributed by atoms with Gasteiger partial charge in [0.15, 0.2) is 5.82 Å². The van der Waals surface area contributed by atoms with Crippen LogP contribution >= 0.6 is 0 Å². The molecule has 4 aromatic rings. The molecule has 0 bridgehead atoms. The normalized spacial score (nSPS) is 12.4. The first-order chi connectivity index (χ1) is 18.1. The van der Waals surface area contributed by atoms with Gasteiger partial charge >= 0.3 is 0 Å². The number of para-hydroxylation sites is 1. The fraction of sp³-hybridized carbons (Fsp3) is 0.310. The number of nitrogens with zero attached hydrogens (tertiary/aromatic N) is 5. The fourth-order valence-corrected chi connectivity index (χ4v) is 4.24. The van der Waals surface area contributed by atoms with Crippen LogP contribution in [0.1, 0.15) is 36.7 Å².